The minimum Gasteiger partial charge on any atom is -0.508 e. The number of hydrogen-bond acceptors (Lipinski definition) is 11. The summed E-state index contributed by atoms with van der Waals surface area (Å²) in [6, 6.07) is 14.7. The van der Waals surface area contributed by atoms with E-state index in [1.165, 1.54) is 6.07 Å². The topological polar surface area (TPSA) is 160 Å². The number of hydrogen-bond donors (Lipinski definition) is 1. The van der Waals surface area contributed by atoms with E-state index in [1.807, 2.05) is 6.07 Å². The summed E-state index contributed by atoms with van der Waals surface area (Å²) in [5.74, 6) is 1.12. The molecule has 2 aromatic heterocycles. The fourth-order valence-electron chi connectivity index (χ4n) is 11.9. The highest BCUT2D eigenvalue weighted by Gasteiger charge is 2.60. The summed E-state index contributed by atoms with van der Waals surface area (Å²) in [6.45, 7) is 4.15. The van der Waals surface area contributed by atoms with Crippen LogP contribution in [0.3, 0.4) is 0 Å². The molecule has 4 saturated carbocycles. The lowest BCUT2D eigenvalue weighted by Crippen LogP contribution is -2.54. The number of fused-ring (bicyclic) bond motifs is 10. The average Bonchev–Trinajstić information content (AvgIpc) is 3.73. The molecule has 0 saturated heterocycles. The number of phenols is 1. The van der Waals surface area contributed by atoms with E-state index in [1.54, 1.807) is 47.0 Å². The van der Waals surface area contributed by atoms with Gasteiger partial charge in [-0.3, -0.25) is 9.59 Å². The van der Waals surface area contributed by atoms with Crippen LogP contribution in [0.5, 0.6) is 11.5 Å². The van der Waals surface area contributed by atoms with Crippen LogP contribution in [0.15, 0.2) is 59.4 Å². The molecule has 0 radical (unpaired) electrons. The Labute approximate surface area is 334 Å². The third-order valence-electron chi connectivity index (χ3n) is 15.0. The average molecular weight is 787 g/mol. The normalized spacial score (nSPS) is 30.5. The van der Waals surface area contributed by atoms with Crippen molar-refractivity contribution in [1.29, 1.82) is 0 Å². The van der Waals surface area contributed by atoms with E-state index in [4.69, 9.17) is 23.9 Å². The number of carbonyl (C=O) groups excluding carboxylic acids is 4. The lowest BCUT2D eigenvalue weighted by atomic mass is 9.45. The SMILES string of the molecule is C[C@]12CC[C@H](OC(=O)c3ccc(OCC(=O)O[C@@H]4C(=O)OCc5c4cc4n(c5=O)Cc5cc6cc(O)ccc6nc5-4)cc3)CC1CCC1C2CC[C@]2(C)C(=O)CCC12. The molecule has 0 amide bonds. The van der Waals surface area contributed by atoms with Crippen LogP contribution in [-0.2, 0) is 41.7 Å². The molecular weight excluding hydrogens is 741 g/mol. The number of ether oxygens (including phenoxy) is 4. The van der Waals surface area contributed by atoms with Gasteiger partial charge in [0.05, 0.1) is 34.6 Å². The number of benzene rings is 2. The first-order chi connectivity index (χ1) is 27.9. The molecule has 12 nitrogen and oxygen atoms in total. The van der Waals surface area contributed by atoms with Gasteiger partial charge in [-0.05, 0) is 135 Å². The highest BCUT2D eigenvalue weighted by molar-refractivity contribution is 5.90. The zero-order valence-corrected chi connectivity index (χ0v) is 32.7. The second kappa shape index (κ2) is 13.5. The summed E-state index contributed by atoms with van der Waals surface area (Å²) in [5, 5.41) is 10.7. The molecule has 0 spiro atoms. The predicted octanol–water partition coefficient (Wildman–Crippen LogP) is 6.99. The number of aromatic hydroxyl groups is 1. The van der Waals surface area contributed by atoms with Crippen molar-refractivity contribution in [3.63, 3.8) is 0 Å². The summed E-state index contributed by atoms with van der Waals surface area (Å²) in [6.07, 6.45) is 7.29. The second-order valence-corrected chi connectivity index (χ2v) is 17.9. The number of cyclic esters (lactones) is 1. The molecule has 12 heteroatoms. The van der Waals surface area contributed by atoms with Gasteiger partial charge in [-0.15, -0.1) is 0 Å². The number of nitrogens with zero attached hydrogens (tertiary/aromatic N) is 2. The molecule has 0 bridgehead atoms. The monoisotopic (exact) mass is 786 g/mol. The van der Waals surface area contributed by atoms with Crippen LogP contribution in [0.4, 0.5) is 0 Å². The summed E-state index contributed by atoms with van der Waals surface area (Å²) in [5.41, 5.74) is 3.02. The minimum absolute atomic E-state index is 0.107. The molecule has 2 aliphatic heterocycles. The molecule has 300 valence electrons. The highest BCUT2D eigenvalue weighted by atomic mass is 16.6. The maximum atomic E-state index is 13.6. The van der Waals surface area contributed by atoms with E-state index in [0.29, 0.717) is 57.7 Å². The van der Waals surface area contributed by atoms with E-state index < -0.39 is 30.6 Å². The van der Waals surface area contributed by atoms with E-state index >= 15 is 0 Å². The predicted molar refractivity (Wildman–Crippen MR) is 209 cm³/mol. The number of ketones is 1. The largest absolute Gasteiger partial charge is 0.508 e. The quantitative estimate of drug-likeness (QED) is 0.140. The lowest BCUT2D eigenvalue weighted by Gasteiger charge is -2.60. The molecule has 6 aliphatic rings. The molecule has 4 aliphatic carbocycles. The molecule has 10 rings (SSSR count). The van der Waals surface area contributed by atoms with Gasteiger partial charge in [0, 0.05) is 28.3 Å². The van der Waals surface area contributed by atoms with Crippen LogP contribution >= 0.6 is 0 Å². The maximum Gasteiger partial charge on any atom is 0.352 e. The summed E-state index contributed by atoms with van der Waals surface area (Å²) < 4.78 is 24.1. The van der Waals surface area contributed by atoms with Crippen molar-refractivity contribution in [2.24, 2.45) is 34.5 Å². The van der Waals surface area contributed by atoms with Crippen LogP contribution in [0.1, 0.15) is 105 Å². The van der Waals surface area contributed by atoms with Crippen molar-refractivity contribution >= 4 is 34.6 Å². The van der Waals surface area contributed by atoms with Crippen LogP contribution in [0, 0.1) is 34.5 Å². The fourth-order valence-corrected chi connectivity index (χ4v) is 11.9. The zero-order chi connectivity index (χ0) is 40.1. The van der Waals surface area contributed by atoms with Crippen molar-refractivity contribution in [1.82, 2.24) is 9.55 Å². The van der Waals surface area contributed by atoms with Gasteiger partial charge < -0.3 is 28.6 Å². The Kier molecular flexibility index (Phi) is 8.58. The van der Waals surface area contributed by atoms with Gasteiger partial charge >= 0.3 is 17.9 Å². The summed E-state index contributed by atoms with van der Waals surface area (Å²) in [7, 11) is 0. The highest BCUT2D eigenvalue weighted by Crippen LogP contribution is 2.65. The van der Waals surface area contributed by atoms with Gasteiger partial charge in [0.1, 0.15) is 30.0 Å². The Bertz CT molecular complexity index is 2470. The van der Waals surface area contributed by atoms with E-state index in [9.17, 15) is 29.1 Å². The minimum atomic E-state index is -1.47. The van der Waals surface area contributed by atoms with Gasteiger partial charge in [0.25, 0.3) is 5.56 Å². The fraction of sp³-hybridized carbons (Fsp3) is 0.478. The first kappa shape index (κ1) is 36.8. The molecule has 4 fully saturated rings. The Hall–Kier alpha value is -5.52. The maximum absolute atomic E-state index is 13.6. The molecule has 4 aromatic rings. The number of phenolic OH excluding ortho intramolecular Hbond substituents is 1. The molecular formula is C46H46N2O10. The Morgan fingerprint density at radius 3 is 2.59 bits per heavy atom. The third-order valence-corrected chi connectivity index (χ3v) is 15.0. The van der Waals surface area contributed by atoms with Crippen molar-refractivity contribution in [3.05, 3.63) is 87.2 Å². The second-order valence-electron chi connectivity index (χ2n) is 17.9. The van der Waals surface area contributed by atoms with Crippen LogP contribution in [0.2, 0.25) is 0 Å². The van der Waals surface area contributed by atoms with Gasteiger partial charge in [-0.1, -0.05) is 13.8 Å². The summed E-state index contributed by atoms with van der Waals surface area (Å²) in [4.78, 5) is 70.4. The molecule has 58 heavy (non-hydrogen) atoms. The number of Topliss-reactive ketones (excluding diaryl/α,β-unsaturated/α-hetero) is 1. The van der Waals surface area contributed by atoms with Gasteiger partial charge in [0.2, 0.25) is 6.10 Å². The Morgan fingerprint density at radius 1 is 0.931 bits per heavy atom. The van der Waals surface area contributed by atoms with E-state index in [-0.39, 0.29) is 52.5 Å². The van der Waals surface area contributed by atoms with Crippen molar-refractivity contribution < 1.29 is 43.2 Å². The molecule has 4 unspecified atom stereocenters. The van der Waals surface area contributed by atoms with Crippen LogP contribution in [-0.4, -0.2) is 51.1 Å². The molecule has 2 aromatic carbocycles. The standard InChI is InChI=1S/C46H46N2O10/c1-45-15-13-30(19-27(45)5-9-31-34-10-12-38(50)46(34,2)16-14-35(31)45)57-43(53)24-3-7-29(8-4-24)55-23-39(51)58-41-32-20-37-40-26(17-25-18-28(49)6-11-36(25)47-40)21-48(37)42(52)33(32)22-56-44(41)54/h3-4,6-8,11,17-18,20,27,30-31,34-35,41,49H,5,9-10,12-16,19,21-23H2,1-2H3/t27?,30-,31?,34?,35?,41-,45-,46-/m0/s1. The zero-order valence-electron chi connectivity index (χ0n) is 32.7. The molecule has 8 atom stereocenters. The van der Waals surface area contributed by atoms with Crippen molar-refractivity contribution in [2.45, 2.75) is 97.0 Å². The first-order valence-corrected chi connectivity index (χ1v) is 20.6. The van der Waals surface area contributed by atoms with Gasteiger partial charge in [0.15, 0.2) is 6.61 Å². The van der Waals surface area contributed by atoms with Crippen LogP contribution < -0.4 is 10.3 Å². The number of carbonyl (C=O) groups is 4. The number of rotatable bonds is 6. The smallest absolute Gasteiger partial charge is 0.352 e. The Morgan fingerprint density at radius 2 is 1.76 bits per heavy atom. The van der Waals surface area contributed by atoms with Gasteiger partial charge in [-0.2, -0.15) is 0 Å². The lowest BCUT2D eigenvalue weighted by molar-refractivity contribution is -0.172. The molecule has 4 heterocycles. The van der Waals surface area contributed by atoms with Crippen LogP contribution in [0.25, 0.3) is 22.3 Å². The molecule has 1 N–H and O–H groups in total. The van der Waals surface area contributed by atoms with E-state index in [2.05, 4.69) is 13.8 Å². The van der Waals surface area contributed by atoms with Crippen molar-refractivity contribution in [2.75, 3.05) is 6.61 Å². The van der Waals surface area contributed by atoms with E-state index in [0.717, 1.165) is 68.7 Å². The van der Waals surface area contributed by atoms with Crippen molar-refractivity contribution in [3.8, 4) is 22.9 Å². The number of pyridine rings is 2. The Balaban J connectivity index is 0.758. The number of esters is 3. The summed E-state index contributed by atoms with van der Waals surface area (Å²) >= 11 is 0. The third kappa shape index (κ3) is 5.84. The van der Waals surface area contributed by atoms with Gasteiger partial charge in [-0.25, -0.2) is 19.4 Å². The first-order valence-electron chi connectivity index (χ1n) is 20.6. The number of aromatic nitrogens is 2.